The molecule has 2 aromatic heterocycles. The highest BCUT2D eigenvalue weighted by atomic mass is 19.1. The summed E-state index contributed by atoms with van der Waals surface area (Å²) in [7, 11) is 0. The number of hydrogen-bond acceptors (Lipinski definition) is 5. The van der Waals surface area contributed by atoms with Crippen LogP contribution < -0.4 is 16.4 Å². The zero-order valence-corrected chi connectivity index (χ0v) is 15.9. The van der Waals surface area contributed by atoms with Crippen molar-refractivity contribution in [3.63, 3.8) is 0 Å². The number of nitrogens with one attached hydrogen (secondary N) is 3. The Morgan fingerprint density at radius 3 is 2.60 bits per heavy atom. The van der Waals surface area contributed by atoms with Crippen LogP contribution >= 0.6 is 0 Å². The number of urea groups is 1. The van der Waals surface area contributed by atoms with Crippen LogP contribution in [0.5, 0.6) is 0 Å². The number of carbonyl (C=O) groups is 2. The molecule has 0 aliphatic heterocycles. The second kappa shape index (κ2) is 7.63. The molecule has 0 atom stereocenters. The van der Waals surface area contributed by atoms with Crippen molar-refractivity contribution in [2.24, 2.45) is 0 Å². The third kappa shape index (κ3) is 3.68. The SMILES string of the molecule is Cc1ccc(NC(=O)Nc2cccc(C(=O)c3c[nH]c4ncnc(N)c34)c2)cc1F. The van der Waals surface area contributed by atoms with E-state index in [4.69, 9.17) is 5.73 Å². The lowest BCUT2D eigenvalue weighted by Gasteiger charge is -2.09. The third-order valence-electron chi connectivity index (χ3n) is 4.56. The molecule has 0 spiro atoms. The number of ketones is 1. The largest absolute Gasteiger partial charge is 0.383 e. The number of aromatic nitrogens is 3. The van der Waals surface area contributed by atoms with Crippen LogP contribution in [-0.4, -0.2) is 26.8 Å². The van der Waals surface area contributed by atoms with Gasteiger partial charge in [0.15, 0.2) is 5.78 Å². The van der Waals surface area contributed by atoms with E-state index >= 15 is 0 Å². The molecule has 150 valence electrons. The maximum atomic E-state index is 13.6. The first-order valence-corrected chi connectivity index (χ1v) is 8.99. The second-order valence-electron chi connectivity index (χ2n) is 6.64. The molecule has 0 radical (unpaired) electrons. The number of nitrogens with two attached hydrogens (primary N) is 1. The number of aromatic amines is 1. The van der Waals surface area contributed by atoms with Gasteiger partial charge in [0.25, 0.3) is 0 Å². The number of amides is 2. The Morgan fingerprint density at radius 2 is 1.83 bits per heavy atom. The van der Waals surface area contributed by atoms with E-state index in [0.717, 1.165) is 0 Å². The summed E-state index contributed by atoms with van der Waals surface area (Å²) >= 11 is 0. The van der Waals surface area contributed by atoms with Crippen LogP contribution in [0.2, 0.25) is 0 Å². The summed E-state index contributed by atoms with van der Waals surface area (Å²) in [5.41, 5.74) is 8.23. The highest BCUT2D eigenvalue weighted by Gasteiger charge is 2.18. The Labute approximate surface area is 170 Å². The van der Waals surface area contributed by atoms with Crippen molar-refractivity contribution in [3.8, 4) is 0 Å². The first-order chi connectivity index (χ1) is 14.4. The van der Waals surface area contributed by atoms with Gasteiger partial charge in [-0.2, -0.15) is 0 Å². The summed E-state index contributed by atoms with van der Waals surface area (Å²) < 4.78 is 13.6. The number of nitrogen functional groups attached to an aromatic ring is 1. The maximum absolute atomic E-state index is 13.6. The Hall–Kier alpha value is -4.27. The predicted molar refractivity (Wildman–Crippen MR) is 112 cm³/mol. The number of fused-ring (bicyclic) bond motifs is 1. The molecular weight excluding hydrogens is 387 g/mol. The first kappa shape index (κ1) is 19.1. The zero-order chi connectivity index (χ0) is 21.3. The summed E-state index contributed by atoms with van der Waals surface area (Å²) in [4.78, 5) is 36.1. The van der Waals surface area contributed by atoms with E-state index in [0.29, 0.717) is 39.1 Å². The summed E-state index contributed by atoms with van der Waals surface area (Å²) in [6.45, 7) is 1.63. The molecule has 0 bridgehead atoms. The molecule has 0 fully saturated rings. The summed E-state index contributed by atoms with van der Waals surface area (Å²) in [6, 6.07) is 10.3. The van der Waals surface area contributed by atoms with Crippen molar-refractivity contribution in [1.82, 2.24) is 15.0 Å². The minimum absolute atomic E-state index is 0.198. The topological polar surface area (TPSA) is 126 Å². The van der Waals surface area contributed by atoms with Crippen LogP contribution in [0.15, 0.2) is 55.0 Å². The van der Waals surface area contributed by atoms with Gasteiger partial charge in [-0.1, -0.05) is 18.2 Å². The molecule has 0 aliphatic carbocycles. The summed E-state index contributed by atoms with van der Waals surface area (Å²) in [5.74, 6) is -0.515. The van der Waals surface area contributed by atoms with Crippen LogP contribution in [0.1, 0.15) is 21.5 Å². The summed E-state index contributed by atoms with van der Waals surface area (Å²) in [6.07, 6.45) is 2.84. The van der Waals surface area contributed by atoms with Gasteiger partial charge in [-0.3, -0.25) is 4.79 Å². The van der Waals surface area contributed by atoms with Crippen molar-refractivity contribution in [2.45, 2.75) is 6.92 Å². The fourth-order valence-electron chi connectivity index (χ4n) is 3.02. The molecule has 0 saturated carbocycles. The number of nitrogens with zero attached hydrogens (tertiary/aromatic N) is 2. The first-order valence-electron chi connectivity index (χ1n) is 8.99. The van der Waals surface area contributed by atoms with E-state index in [1.165, 1.54) is 24.7 Å². The number of H-pyrrole nitrogens is 1. The smallest absolute Gasteiger partial charge is 0.323 e. The van der Waals surface area contributed by atoms with E-state index in [1.807, 2.05) is 0 Å². The van der Waals surface area contributed by atoms with Gasteiger partial charge in [0, 0.05) is 23.1 Å². The molecule has 8 nitrogen and oxygen atoms in total. The Balaban J connectivity index is 1.54. The Kier molecular flexibility index (Phi) is 4.85. The van der Waals surface area contributed by atoms with E-state index in [2.05, 4.69) is 25.6 Å². The molecular formula is C21H17FN6O2. The summed E-state index contributed by atoms with van der Waals surface area (Å²) in [5, 5.41) is 5.63. The molecule has 0 aliphatic rings. The van der Waals surface area contributed by atoms with Crippen LogP contribution in [-0.2, 0) is 0 Å². The van der Waals surface area contributed by atoms with Gasteiger partial charge >= 0.3 is 6.03 Å². The van der Waals surface area contributed by atoms with E-state index in [9.17, 15) is 14.0 Å². The lowest BCUT2D eigenvalue weighted by Crippen LogP contribution is -2.19. The molecule has 2 amide bonds. The van der Waals surface area contributed by atoms with Crippen LogP contribution in [0.4, 0.5) is 26.4 Å². The highest BCUT2D eigenvalue weighted by molar-refractivity contribution is 6.18. The molecule has 2 aromatic carbocycles. The minimum atomic E-state index is -0.562. The van der Waals surface area contributed by atoms with Gasteiger partial charge in [-0.15, -0.1) is 0 Å². The van der Waals surface area contributed by atoms with Gasteiger partial charge in [0.1, 0.15) is 23.6 Å². The number of anilines is 3. The van der Waals surface area contributed by atoms with E-state index in [1.54, 1.807) is 37.3 Å². The number of hydrogen-bond donors (Lipinski definition) is 4. The van der Waals surface area contributed by atoms with Crippen molar-refractivity contribution in [2.75, 3.05) is 16.4 Å². The lowest BCUT2D eigenvalue weighted by atomic mass is 10.0. The number of aryl methyl sites for hydroxylation is 1. The third-order valence-corrected chi connectivity index (χ3v) is 4.56. The molecule has 4 aromatic rings. The minimum Gasteiger partial charge on any atom is -0.383 e. The predicted octanol–water partition coefficient (Wildman–Crippen LogP) is 3.86. The van der Waals surface area contributed by atoms with Crippen molar-refractivity contribution >= 4 is 40.0 Å². The quantitative estimate of drug-likeness (QED) is 0.384. The maximum Gasteiger partial charge on any atom is 0.323 e. The molecule has 4 rings (SSSR count). The van der Waals surface area contributed by atoms with Crippen LogP contribution in [0, 0.1) is 12.7 Å². The monoisotopic (exact) mass is 404 g/mol. The Morgan fingerprint density at radius 1 is 1.07 bits per heavy atom. The van der Waals surface area contributed by atoms with Crippen molar-refractivity contribution in [1.29, 1.82) is 0 Å². The average Bonchev–Trinajstić information content (AvgIpc) is 3.16. The van der Waals surface area contributed by atoms with Gasteiger partial charge in [0.2, 0.25) is 0 Å². The molecule has 2 heterocycles. The fraction of sp³-hybridized carbons (Fsp3) is 0.0476. The van der Waals surface area contributed by atoms with Crippen molar-refractivity contribution < 1.29 is 14.0 Å². The molecule has 9 heteroatoms. The average molecular weight is 404 g/mol. The molecule has 5 N–H and O–H groups in total. The standard InChI is InChI=1S/C21H17FN6O2/c1-11-5-6-14(8-16(11)22)28-21(30)27-13-4-2-3-12(7-13)18(29)15-9-24-20-17(15)19(23)25-10-26-20/h2-10H,1H3,(H2,27,28,30)(H3,23,24,25,26). The Bertz CT molecular complexity index is 1280. The van der Waals surface area contributed by atoms with Crippen molar-refractivity contribution in [3.05, 3.63) is 77.5 Å². The van der Waals surface area contributed by atoms with Gasteiger partial charge < -0.3 is 21.4 Å². The number of rotatable bonds is 4. The van der Waals surface area contributed by atoms with Gasteiger partial charge in [-0.25, -0.2) is 19.2 Å². The van der Waals surface area contributed by atoms with E-state index in [-0.39, 0.29) is 11.6 Å². The van der Waals surface area contributed by atoms with Crippen LogP contribution in [0.3, 0.4) is 0 Å². The molecule has 0 unspecified atom stereocenters. The van der Waals surface area contributed by atoms with Crippen LogP contribution in [0.25, 0.3) is 11.0 Å². The van der Waals surface area contributed by atoms with Gasteiger partial charge in [0.05, 0.1) is 10.9 Å². The fourth-order valence-corrected chi connectivity index (χ4v) is 3.02. The zero-order valence-electron chi connectivity index (χ0n) is 15.9. The molecule has 0 saturated heterocycles. The molecule has 30 heavy (non-hydrogen) atoms. The second-order valence-corrected chi connectivity index (χ2v) is 6.64. The highest BCUT2D eigenvalue weighted by Crippen LogP contribution is 2.24. The number of benzene rings is 2. The van der Waals surface area contributed by atoms with E-state index < -0.39 is 11.8 Å². The normalized spacial score (nSPS) is 10.7. The van der Waals surface area contributed by atoms with Gasteiger partial charge in [-0.05, 0) is 36.8 Å². The number of halogens is 1. The number of carbonyl (C=O) groups excluding carboxylic acids is 2. The lowest BCUT2D eigenvalue weighted by molar-refractivity contribution is 0.104.